The highest BCUT2D eigenvalue weighted by atomic mass is 19.2. The monoisotopic (exact) mass is 306 g/mol. The van der Waals surface area contributed by atoms with Crippen molar-refractivity contribution in [1.82, 2.24) is 0 Å². The normalized spacial score (nSPS) is 28.4. The summed E-state index contributed by atoms with van der Waals surface area (Å²) in [6.45, 7) is 2.30. The van der Waals surface area contributed by atoms with Crippen molar-refractivity contribution >= 4 is 0 Å². The molecule has 0 bridgehead atoms. The Labute approximate surface area is 133 Å². The molecule has 0 spiro atoms. The Morgan fingerprint density at radius 2 is 1.59 bits per heavy atom. The lowest BCUT2D eigenvalue weighted by Crippen LogP contribution is -2.19. The highest BCUT2D eigenvalue weighted by molar-refractivity contribution is 5.32. The summed E-state index contributed by atoms with van der Waals surface area (Å²) in [4.78, 5) is 0. The molecule has 122 valence electrons. The van der Waals surface area contributed by atoms with E-state index >= 15 is 0 Å². The van der Waals surface area contributed by atoms with E-state index in [1.165, 1.54) is 51.0 Å². The summed E-state index contributed by atoms with van der Waals surface area (Å²) in [5.41, 5.74) is 1.68. The summed E-state index contributed by atoms with van der Waals surface area (Å²) in [5.74, 6) is 1.10. The van der Waals surface area contributed by atoms with Crippen LogP contribution >= 0.6 is 0 Å². The minimum atomic E-state index is -0.683. The molecule has 1 aromatic carbocycles. The number of hydrogen-bond acceptors (Lipinski definition) is 0. The van der Waals surface area contributed by atoms with E-state index in [9.17, 15) is 8.78 Å². The van der Waals surface area contributed by atoms with Crippen LogP contribution in [0.15, 0.2) is 12.1 Å². The van der Waals surface area contributed by atoms with Gasteiger partial charge < -0.3 is 0 Å². The SMILES string of the molecule is CCC1CCC(CCC2CCc3ccc(F)c(F)c3C2)CC1. The molecule has 0 saturated heterocycles. The van der Waals surface area contributed by atoms with Crippen LogP contribution in [0.25, 0.3) is 0 Å². The molecule has 0 N–H and O–H groups in total. The first-order chi connectivity index (χ1) is 10.7. The molecule has 0 aromatic heterocycles. The zero-order chi connectivity index (χ0) is 15.5. The van der Waals surface area contributed by atoms with Gasteiger partial charge in [-0.15, -0.1) is 0 Å². The first-order valence-electron chi connectivity index (χ1n) is 9.13. The van der Waals surface area contributed by atoms with E-state index in [-0.39, 0.29) is 0 Å². The maximum Gasteiger partial charge on any atom is 0.162 e. The molecular formula is C20H28F2. The van der Waals surface area contributed by atoms with Crippen molar-refractivity contribution in [2.24, 2.45) is 17.8 Å². The number of fused-ring (bicyclic) bond motifs is 1. The molecule has 22 heavy (non-hydrogen) atoms. The van der Waals surface area contributed by atoms with Crippen molar-refractivity contribution in [3.63, 3.8) is 0 Å². The van der Waals surface area contributed by atoms with Gasteiger partial charge in [-0.1, -0.05) is 51.5 Å². The molecule has 3 rings (SSSR count). The Bertz CT molecular complexity index is 501. The van der Waals surface area contributed by atoms with Crippen LogP contribution in [0.5, 0.6) is 0 Å². The minimum absolute atomic E-state index is 0.549. The zero-order valence-corrected chi connectivity index (χ0v) is 13.7. The summed E-state index contributed by atoms with van der Waals surface area (Å²) in [6.07, 6.45) is 12.2. The summed E-state index contributed by atoms with van der Waals surface area (Å²) < 4.78 is 27.4. The largest absolute Gasteiger partial charge is 0.204 e. The highest BCUT2D eigenvalue weighted by Crippen LogP contribution is 2.36. The standard InChI is InChI=1S/C20H28F2/c1-2-14-3-5-15(6-4-14)7-8-16-9-10-17-11-12-19(21)20(22)18(17)13-16/h11-12,14-16H,2-10,13H2,1H3. The fourth-order valence-corrected chi connectivity index (χ4v) is 4.48. The van der Waals surface area contributed by atoms with Crippen molar-refractivity contribution in [3.8, 4) is 0 Å². The van der Waals surface area contributed by atoms with E-state index in [4.69, 9.17) is 0 Å². The van der Waals surface area contributed by atoms with Gasteiger partial charge in [0.25, 0.3) is 0 Å². The Balaban J connectivity index is 1.52. The van der Waals surface area contributed by atoms with E-state index < -0.39 is 11.6 Å². The zero-order valence-electron chi connectivity index (χ0n) is 13.7. The molecule has 0 aliphatic heterocycles. The Kier molecular flexibility index (Phi) is 5.15. The second kappa shape index (κ2) is 7.10. The molecule has 2 heteroatoms. The van der Waals surface area contributed by atoms with Gasteiger partial charge >= 0.3 is 0 Å². The first-order valence-corrected chi connectivity index (χ1v) is 9.13. The predicted molar refractivity (Wildman–Crippen MR) is 86.8 cm³/mol. The van der Waals surface area contributed by atoms with Crippen molar-refractivity contribution < 1.29 is 8.78 Å². The number of hydrogen-bond donors (Lipinski definition) is 0. The molecule has 2 aliphatic rings. The molecule has 1 saturated carbocycles. The van der Waals surface area contributed by atoms with E-state index in [0.29, 0.717) is 11.5 Å². The topological polar surface area (TPSA) is 0 Å². The quantitative estimate of drug-likeness (QED) is 0.633. The molecule has 1 aromatic rings. The van der Waals surface area contributed by atoms with Crippen LogP contribution in [0, 0.1) is 29.4 Å². The highest BCUT2D eigenvalue weighted by Gasteiger charge is 2.25. The minimum Gasteiger partial charge on any atom is -0.204 e. The van der Waals surface area contributed by atoms with Crippen molar-refractivity contribution in [1.29, 1.82) is 0 Å². The third-order valence-corrected chi connectivity index (χ3v) is 6.13. The molecule has 0 radical (unpaired) electrons. The van der Waals surface area contributed by atoms with Crippen LogP contribution in [0.2, 0.25) is 0 Å². The third-order valence-electron chi connectivity index (χ3n) is 6.13. The van der Waals surface area contributed by atoms with Crippen LogP contribution in [0.4, 0.5) is 8.78 Å². The number of rotatable bonds is 4. The number of aryl methyl sites for hydroxylation is 1. The smallest absolute Gasteiger partial charge is 0.162 e. The Morgan fingerprint density at radius 3 is 2.32 bits per heavy atom. The van der Waals surface area contributed by atoms with Crippen LogP contribution in [0.1, 0.15) is 69.4 Å². The molecule has 1 fully saturated rings. The third kappa shape index (κ3) is 3.52. The molecule has 1 unspecified atom stereocenters. The van der Waals surface area contributed by atoms with Gasteiger partial charge in [0, 0.05) is 0 Å². The fraction of sp³-hybridized carbons (Fsp3) is 0.700. The van der Waals surface area contributed by atoms with Crippen molar-refractivity contribution in [2.75, 3.05) is 0 Å². The molecule has 2 aliphatic carbocycles. The van der Waals surface area contributed by atoms with Gasteiger partial charge in [-0.25, -0.2) is 8.78 Å². The molecule has 1 atom stereocenters. The summed E-state index contributed by atoms with van der Waals surface area (Å²) >= 11 is 0. The van der Waals surface area contributed by atoms with Crippen molar-refractivity contribution in [2.45, 2.75) is 71.1 Å². The molecule has 0 heterocycles. The maximum atomic E-state index is 14.0. The molecule has 0 nitrogen and oxygen atoms in total. The van der Waals surface area contributed by atoms with Crippen LogP contribution in [-0.4, -0.2) is 0 Å². The van der Waals surface area contributed by atoms with E-state index in [1.54, 1.807) is 6.07 Å². The lowest BCUT2D eigenvalue weighted by Gasteiger charge is -2.30. The summed E-state index contributed by atoms with van der Waals surface area (Å²) in [5, 5.41) is 0. The number of benzene rings is 1. The Hall–Kier alpha value is -0.920. The van der Waals surface area contributed by atoms with E-state index in [0.717, 1.165) is 36.7 Å². The van der Waals surface area contributed by atoms with Gasteiger partial charge in [-0.05, 0) is 60.6 Å². The van der Waals surface area contributed by atoms with Gasteiger partial charge in [-0.3, -0.25) is 0 Å². The lowest BCUT2D eigenvalue weighted by molar-refractivity contribution is 0.240. The van der Waals surface area contributed by atoms with Gasteiger partial charge in [0.2, 0.25) is 0 Å². The van der Waals surface area contributed by atoms with Crippen LogP contribution in [-0.2, 0) is 12.8 Å². The first kappa shape index (κ1) is 16.0. The van der Waals surface area contributed by atoms with Gasteiger partial charge in [0.1, 0.15) is 0 Å². The second-order valence-electron chi connectivity index (χ2n) is 7.48. The molecule has 0 amide bonds. The van der Waals surface area contributed by atoms with Crippen LogP contribution in [0.3, 0.4) is 0 Å². The molecular weight excluding hydrogens is 278 g/mol. The average molecular weight is 306 g/mol. The summed E-state index contributed by atoms with van der Waals surface area (Å²) in [6, 6.07) is 3.05. The van der Waals surface area contributed by atoms with Gasteiger partial charge in [0.15, 0.2) is 11.6 Å². The lowest BCUT2D eigenvalue weighted by atomic mass is 9.75. The summed E-state index contributed by atoms with van der Waals surface area (Å²) in [7, 11) is 0. The maximum absolute atomic E-state index is 14.0. The fourth-order valence-electron chi connectivity index (χ4n) is 4.48. The van der Waals surface area contributed by atoms with Crippen LogP contribution < -0.4 is 0 Å². The van der Waals surface area contributed by atoms with Gasteiger partial charge in [-0.2, -0.15) is 0 Å². The van der Waals surface area contributed by atoms with Crippen molar-refractivity contribution in [3.05, 3.63) is 34.9 Å². The number of halogens is 2. The van der Waals surface area contributed by atoms with E-state index in [1.807, 2.05) is 0 Å². The van der Waals surface area contributed by atoms with Gasteiger partial charge in [0.05, 0.1) is 0 Å². The Morgan fingerprint density at radius 1 is 0.909 bits per heavy atom. The predicted octanol–water partition coefficient (Wildman–Crippen LogP) is 6.07. The second-order valence-corrected chi connectivity index (χ2v) is 7.48. The average Bonchev–Trinajstić information content (AvgIpc) is 2.57. The van der Waals surface area contributed by atoms with E-state index in [2.05, 4.69) is 6.92 Å².